The first-order valence-corrected chi connectivity index (χ1v) is 6.86. The van der Waals surface area contributed by atoms with Gasteiger partial charge in [0.2, 0.25) is 5.91 Å². The van der Waals surface area contributed by atoms with Crippen LogP contribution in [-0.2, 0) is 11.2 Å². The first-order valence-electron chi connectivity index (χ1n) is 6.86. The summed E-state index contributed by atoms with van der Waals surface area (Å²) >= 11 is 0. The van der Waals surface area contributed by atoms with Crippen molar-refractivity contribution in [3.05, 3.63) is 30.1 Å². The first-order chi connectivity index (χ1) is 8.99. The average Bonchev–Trinajstić information content (AvgIpc) is 2.36. The molecule has 2 rings (SSSR count). The number of rotatable bonds is 3. The standard InChI is InChI=1S/C15H22N2O2/c1-15(2)10-13(18)7-9-17(15)14(19)6-5-12-4-3-8-16-11-12/h3-4,8,11,13,18H,5-7,9-10H2,1-2H3. The highest BCUT2D eigenvalue weighted by Gasteiger charge is 2.36. The van der Waals surface area contributed by atoms with Gasteiger partial charge in [-0.2, -0.15) is 0 Å². The molecule has 104 valence electrons. The molecule has 19 heavy (non-hydrogen) atoms. The van der Waals surface area contributed by atoms with Crippen molar-refractivity contribution in [1.29, 1.82) is 0 Å². The summed E-state index contributed by atoms with van der Waals surface area (Å²) in [4.78, 5) is 18.3. The fourth-order valence-corrected chi connectivity index (χ4v) is 2.76. The molecule has 0 spiro atoms. The number of piperidine rings is 1. The number of aliphatic hydroxyl groups is 1. The lowest BCUT2D eigenvalue weighted by Gasteiger charge is -2.44. The maximum atomic E-state index is 12.3. The van der Waals surface area contributed by atoms with Crippen LogP contribution in [0.15, 0.2) is 24.5 Å². The second-order valence-electron chi connectivity index (χ2n) is 5.87. The third kappa shape index (κ3) is 3.53. The lowest BCUT2D eigenvalue weighted by atomic mass is 9.88. The number of nitrogens with zero attached hydrogens (tertiary/aromatic N) is 2. The number of aryl methyl sites for hydroxylation is 1. The molecule has 1 amide bonds. The highest BCUT2D eigenvalue weighted by Crippen LogP contribution is 2.28. The minimum absolute atomic E-state index is 0.167. The molecule has 0 radical (unpaired) electrons. The van der Waals surface area contributed by atoms with Crippen LogP contribution in [0.1, 0.15) is 38.7 Å². The van der Waals surface area contributed by atoms with Crippen LogP contribution in [0.5, 0.6) is 0 Å². The van der Waals surface area contributed by atoms with Crippen LogP contribution < -0.4 is 0 Å². The number of carbonyl (C=O) groups is 1. The molecule has 1 aromatic heterocycles. The van der Waals surface area contributed by atoms with Gasteiger partial charge in [0.1, 0.15) is 0 Å². The predicted molar refractivity (Wildman–Crippen MR) is 73.6 cm³/mol. The Balaban J connectivity index is 1.93. The van der Waals surface area contributed by atoms with Gasteiger partial charge in [-0.1, -0.05) is 6.07 Å². The molecule has 4 nitrogen and oxygen atoms in total. The zero-order chi connectivity index (χ0) is 13.9. The third-order valence-corrected chi connectivity index (χ3v) is 3.80. The Morgan fingerprint density at radius 3 is 3.00 bits per heavy atom. The number of aliphatic hydroxyl groups excluding tert-OH is 1. The van der Waals surface area contributed by atoms with Crippen molar-refractivity contribution in [2.45, 2.75) is 51.2 Å². The van der Waals surface area contributed by atoms with E-state index in [1.54, 1.807) is 12.4 Å². The topological polar surface area (TPSA) is 53.4 Å². The molecule has 1 atom stereocenters. The molecule has 1 saturated heterocycles. The fraction of sp³-hybridized carbons (Fsp3) is 0.600. The van der Waals surface area contributed by atoms with E-state index in [9.17, 15) is 9.90 Å². The summed E-state index contributed by atoms with van der Waals surface area (Å²) in [5.74, 6) is 0.167. The average molecular weight is 262 g/mol. The Morgan fingerprint density at radius 2 is 2.37 bits per heavy atom. The van der Waals surface area contributed by atoms with Gasteiger partial charge in [-0.15, -0.1) is 0 Å². The van der Waals surface area contributed by atoms with Gasteiger partial charge in [-0.3, -0.25) is 9.78 Å². The molecular weight excluding hydrogens is 240 g/mol. The smallest absolute Gasteiger partial charge is 0.223 e. The van der Waals surface area contributed by atoms with Gasteiger partial charge in [0.15, 0.2) is 0 Å². The summed E-state index contributed by atoms with van der Waals surface area (Å²) in [5, 5.41) is 9.71. The second-order valence-corrected chi connectivity index (χ2v) is 5.87. The van der Waals surface area contributed by atoms with Gasteiger partial charge in [0.05, 0.1) is 6.10 Å². The highest BCUT2D eigenvalue weighted by molar-refractivity contribution is 5.77. The molecule has 1 aromatic rings. The molecule has 1 aliphatic heterocycles. The number of hydrogen-bond acceptors (Lipinski definition) is 3. The highest BCUT2D eigenvalue weighted by atomic mass is 16.3. The van der Waals surface area contributed by atoms with Gasteiger partial charge in [0, 0.05) is 30.9 Å². The van der Waals surface area contributed by atoms with E-state index in [-0.39, 0.29) is 17.6 Å². The van der Waals surface area contributed by atoms with Crippen molar-refractivity contribution in [3.63, 3.8) is 0 Å². The number of aromatic nitrogens is 1. The molecule has 1 fully saturated rings. The predicted octanol–water partition coefficient (Wildman–Crippen LogP) is 1.78. The van der Waals surface area contributed by atoms with Crippen LogP contribution in [0.3, 0.4) is 0 Å². The molecule has 0 aliphatic carbocycles. The Morgan fingerprint density at radius 1 is 1.58 bits per heavy atom. The summed E-state index contributed by atoms with van der Waals surface area (Å²) in [6.45, 7) is 4.70. The number of carbonyl (C=O) groups excluding carboxylic acids is 1. The molecule has 4 heteroatoms. The summed E-state index contributed by atoms with van der Waals surface area (Å²) in [6.07, 6.45) is 5.83. The lowest BCUT2D eigenvalue weighted by molar-refractivity contribution is -0.141. The Bertz CT molecular complexity index is 431. The van der Waals surface area contributed by atoms with Crippen LogP contribution in [-0.4, -0.2) is 39.1 Å². The van der Waals surface area contributed by atoms with Gasteiger partial charge in [-0.25, -0.2) is 0 Å². The van der Waals surface area contributed by atoms with Crippen molar-refractivity contribution in [3.8, 4) is 0 Å². The molecule has 0 aromatic carbocycles. The summed E-state index contributed by atoms with van der Waals surface area (Å²) in [7, 11) is 0. The normalized spacial score (nSPS) is 22.3. The molecule has 1 unspecified atom stereocenters. The second kappa shape index (κ2) is 5.70. The first kappa shape index (κ1) is 14.0. The van der Waals surface area contributed by atoms with Gasteiger partial charge >= 0.3 is 0 Å². The summed E-state index contributed by atoms with van der Waals surface area (Å²) < 4.78 is 0. The minimum Gasteiger partial charge on any atom is -0.393 e. The molecule has 2 heterocycles. The van der Waals surface area contributed by atoms with E-state index >= 15 is 0 Å². The maximum absolute atomic E-state index is 12.3. The van der Waals surface area contributed by atoms with E-state index in [2.05, 4.69) is 4.98 Å². The van der Waals surface area contributed by atoms with E-state index in [1.165, 1.54) is 0 Å². The number of hydrogen-bond donors (Lipinski definition) is 1. The van der Waals surface area contributed by atoms with Gasteiger partial charge < -0.3 is 10.0 Å². The maximum Gasteiger partial charge on any atom is 0.223 e. The quantitative estimate of drug-likeness (QED) is 0.903. The molecule has 0 saturated carbocycles. The van der Waals surface area contributed by atoms with Gasteiger partial charge in [-0.05, 0) is 44.7 Å². The van der Waals surface area contributed by atoms with Crippen LogP contribution >= 0.6 is 0 Å². The molecule has 1 N–H and O–H groups in total. The van der Waals surface area contributed by atoms with Crippen molar-refractivity contribution < 1.29 is 9.90 Å². The van der Waals surface area contributed by atoms with Crippen molar-refractivity contribution in [2.75, 3.05) is 6.54 Å². The number of pyridine rings is 1. The van der Waals surface area contributed by atoms with E-state index in [1.807, 2.05) is 30.9 Å². The van der Waals surface area contributed by atoms with E-state index in [4.69, 9.17) is 0 Å². The third-order valence-electron chi connectivity index (χ3n) is 3.80. The molecular formula is C15H22N2O2. The SMILES string of the molecule is CC1(C)CC(O)CCN1C(=O)CCc1cccnc1. The van der Waals surface area contributed by atoms with Crippen LogP contribution in [0.4, 0.5) is 0 Å². The Kier molecular flexibility index (Phi) is 4.20. The summed E-state index contributed by atoms with van der Waals surface area (Å²) in [6, 6.07) is 3.88. The van der Waals surface area contributed by atoms with E-state index in [0.29, 0.717) is 25.8 Å². The molecule has 0 bridgehead atoms. The van der Waals surface area contributed by atoms with E-state index in [0.717, 1.165) is 12.0 Å². The monoisotopic (exact) mass is 262 g/mol. The summed E-state index contributed by atoms with van der Waals surface area (Å²) in [5.41, 5.74) is 0.842. The zero-order valence-corrected chi connectivity index (χ0v) is 11.7. The number of likely N-dealkylation sites (tertiary alicyclic amines) is 1. The Hall–Kier alpha value is -1.42. The Labute approximate surface area is 114 Å². The van der Waals surface area contributed by atoms with Crippen molar-refractivity contribution in [1.82, 2.24) is 9.88 Å². The number of amides is 1. The zero-order valence-electron chi connectivity index (χ0n) is 11.7. The van der Waals surface area contributed by atoms with Crippen molar-refractivity contribution >= 4 is 5.91 Å². The van der Waals surface area contributed by atoms with Gasteiger partial charge in [0.25, 0.3) is 0 Å². The van der Waals surface area contributed by atoms with Crippen LogP contribution in [0.25, 0.3) is 0 Å². The molecule has 1 aliphatic rings. The van der Waals surface area contributed by atoms with E-state index < -0.39 is 0 Å². The van der Waals surface area contributed by atoms with Crippen LogP contribution in [0, 0.1) is 0 Å². The minimum atomic E-state index is -0.280. The largest absolute Gasteiger partial charge is 0.393 e. The van der Waals surface area contributed by atoms with Crippen molar-refractivity contribution in [2.24, 2.45) is 0 Å². The fourth-order valence-electron chi connectivity index (χ4n) is 2.76. The van der Waals surface area contributed by atoms with Crippen LogP contribution in [0.2, 0.25) is 0 Å². The lowest BCUT2D eigenvalue weighted by Crippen LogP contribution is -2.54.